The molecule has 2 aromatic carbocycles. The van der Waals surface area contributed by atoms with Gasteiger partial charge in [0.25, 0.3) is 0 Å². The molecule has 204 valence electrons. The maximum Gasteiger partial charge on any atom is 0.242 e. The number of benzene rings is 2. The van der Waals surface area contributed by atoms with E-state index in [1.807, 2.05) is 4.90 Å². The first-order valence-corrected chi connectivity index (χ1v) is 15.8. The molecule has 1 aliphatic heterocycles. The molecule has 1 aliphatic carbocycles. The molecule has 1 saturated heterocycles. The van der Waals surface area contributed by atoms with Crippen LogP contribution in [-0.4, -0.2) is 78.4 Å². The van der Waals surface area contributed by atoms with Gasteiger partial charge >= 0.3 is 0 Å². The Kier molecular flexibility index (Phi) is 8.82. The average molecular weight is 573 g/mol. The summed E-state index contributed by atoms with van der Waals surface area (Å²) >= 11 is 5.90. The highest BCUT2D eigenvalue weighted by molar-refractivity contribution is 7.89. The molecule has 8 nitrogen and oxygen atoms in total. The van der Waals surface area contributed by atoms with Crippen LogP contribution in [-0.2, 0) is 20.0 Å². The largest absolute Gasteiger partial charge is 0.367 e. The van der Waals surface area contributed by atoms with Crippen molar-refractivity contribution in [3.05, 3.63) is 53.3 Å². The number of halogens is 2. The number of piperazine rings is 1. The van der Waals surface area contributed by atoms with Gasteiger partial charge in [-0.3, -0.25) is 4.90 Å². The molecule has 2 fully saturated rings. The molecule has 0 unspecified atom stereocenters. The van der Waals surface area contributed by atoms with Crippen LogP contribution in [0.15, 0.2) is 52.3 Å². The van der Waals surface area contributed by atoms with Crippen LogP contribution in [0.1, 0.15) is 32.1 Å². The molecular weight excluding hydrogens is 539 g/mol. The minimum atomic E-state index is -3.85. The summed E-state index contributed by atoms with van der Waals surface area (Å²) in [6, 6.07) is 9.79. The third kappa shape index (κ3) is 6.46. The molecule has 37 heavy (non-hydrogen) atoms. The highest BCUT2D eigenvalue weighted by atomic mass is 35.5. The second kappa shape index (κ2) is 11.5. The summed E-state index contributed by atoms with van der Waals surface area (Å²) in [7, 11) is -4.64. The first kappa shape index (κ1) is 28.3. The summed E-state index contributed by atoms with van der Waals surface area (Å²) in [4.78, 5) is 4.40. The molecule has 12 heteroatoms. The van der Waals surface area contributed by atoms with E-state index in [9.17, 15) is 21.2 Å². The summed E-state index contributed by atoms with van der Waals surface area (Å²) in [6.45, 7) is 2.66. The molecule has 2 atom stereocenters. The summed E-state index contributed by atoms with van der Waals surface area (Å²) in [6.07, 6.45) is 4.60. The molecule has 0 amide bonds. The van der Waals surface area contributed by atoms with Crippen LogP contribution in [0.5, 0.6) is 0 Å². The molecule has 2 aliphatic rings. The van der Waals surface area contributed by atoms with Gasteiger partial charge in [0, 0.05) is 57.4 Å². The summed E-state index contributed by atoms with van der Waals surface area (Å²) in [5.41, 5.74) is 0.530. The van der Waals surface area contributed by atoms with Gasteiger partial charge in [-0.05, 0) is 55.3 Å². The summed E-state index contributed by atoms with van der Waals surface area (Å²) in [5, 5.41) is 0.363. The van der Waals surface area contributed by atoms with Crippen molar-refractivity contribution in [2.45, 2.75) is 54.0 Å². The Morgan fingerprint density at radius 1 is 0.892 bits per heavy atom. The summed E-state index contributed by atoms with van der Waals surface area (Å²) < 4.78 is 69.7. The van der Waals surface area contributed by atoms with E-state index >= 15 is 0 Å². The number of sulfonamides is 2. The SMILES string of the molecule is CN(C)S(=O)(=O)c1ccc(S(=O)(=O)N[C@@H]2CCCCC[C@H]2N2CCN(c3ccc(Cl)cc3F)CC2)cc1. The van der Waals surface area contributed by atoms with E-state index in [1.54, 1.807) is 12.1 Å². The van der Waals surface area contributed by atoms with E-state index in [0.717, 1.165) is 36.4 Å². The van der Waals surface area contributed by atoms with E-state index in [1.165, 1.54) is 44.4 Å². The third-order valence-electron chi connectivity index (χ3n) is 7.23. The van der Waals surface area contributed by atoms with Gasteiger partial charge in [0.1, 0.15) is 5.82 Å². The molecule has 2 aromatic rings. The van der Waals surface area contributed by atoms with Crippen LogP contribution in [0.4, 0.5) is 10.1 Å². The van der Waals surface area contributed by atoms with Crippen LogP contribution in [0.2, 0.25) is 5.02 Å². The monoisotopic (exact) mass is 572 g/mol. The Labute approximate surface area is 224 Å². The number of rotatable bonds is 7. The van der Waals surface area contributed by atoms with Gasteiger partial charge in [0.2, 0.25) is 20.0 Å². The Balaban J connectivity index is 1.47. The lowest BCUT2D eigenvalue weighted by molar-refractivity contribution is 0.148. The molecule has 1 heterocycles. The van der Waals surface area contributed by atoms with Gasteiger partial charge in [-0.15, -0.1) is 0 Å². The second-order valence-corrected chi connectivity index (χ2v) is 14.1. The maximum atomic E-state index is 14.4. The summed E-state index contributed by atoms with van der Waals surface area (Å²) in [5.74, 6) is -0.342. The Morgan fingerprint density at radius 2 is 1.51 bits per heavy atom. The smallest absolute Gasteiger partial charge is 0.242 e. The number of hydrogen-bond acceptors (Lipinski definition) is 6. The molecule has 0 radical (unpaired) electrons. The normalized spacial score (nSPS) is 22.2. The molecule has 1 saturated carbocycles. The molecule has 1 N–H and O–H groups in total. The van der Waals surface area contributed by atoms with E-state index in [4.69, 9.17) is 11.6 Å². The van der Waals surface area contributed by atoms with Crippen LogP contribution in [0.3, 0.4) is 0 Å². The molecule has 4 rings (SSSR count). The number of nitrogens with one attached hydrogen (secondary N) is 1. The van der Waals surface area contributed by atoms with Crippen molar-refractivity contribution in [2.24, 2.45) is 0 Å². The standard InChI is InChI=1S/C25H34ClFN4O4S2/c1-29(2)37(34,35)21-11-9-20(10-12-21)36(32,33)28-23-6-4-3-5-7-25(23)31-16-14-30(15-17-31)24-13-8-19(26)18-22(24)27/h8-13,18,23,25,28H,3-7,14-17H2,1-2H3/t23-,25-/m1/s1. The van der Waals surface area contributed by atoms with Crippen molar-refractivity contribution in [2.75, 3.05) is 45.2 Å². The van der Waals surface area contributed by atoms with Crippen molar-refractivity contribution in [3.63, 3.8) is 0 Å². The first-order chi connectivity index (χ1) is 17.5. The zero-order valence-corrected chi connectivity index (χ0v) is 23.5. The zero-order chi connectivity index (χ0) is 26.8. The maximum absolute atomic E-state index is 14.4. The van der Waals surface area contributed by atoms with Gasteiger partial charge < -0.3 is 4.90 Å². The predicted molar refractivity (Wildman–Crippen MR) is 143 cm³/mol. The van der Waals surface area contributed by atoms with E-state index in [-0.39, 0.29) is 27.7 Å². The Hall–Kier alpha value is -1.76. The van der Waals surface area contributed by atoms with Crippen LogP contribution in [0, 0.1) is 5.82 Å². The van der Waals surface area contributed by atoms with E-state index < -0.39 is 20.0 Å². The first-order valence-electron chi connectivity index (χ1n) is 12.5. The molecular formula is C25H34ClFN4O4S2. The Bertz CT molecular complexity index is 1300. The average Bonchev–Trinajstić information content (AvgIpc) is 3.09. The molecule has 0 aromatic heterocycles. The van der Waals surface area contributed by atoms with Gasteiger partial charge in [0.15, 0.2) is 0 Å². The fourth-order valence-corrected chi connectivity index (χ4v) is 7.53. The van der Waals surface area contributed by atoms with Crippen LogP contribution < -0.4 is 9.62 Å². The lowest BCUT2D eigenvalue weighted by Crippen LogP contribution is -2.57. The van der Waals surface area contributed by atoms with Crippen molar-refractivity contribution in [3.8, 4) is 0 Å². The van der Waals surface area contributed by atoms with Crippen molar-refractivity contribution < 1.29 is 21.2 Å². The second-order valence-electron chi connectivity index (χ2n) is 9.81. The van der Waals surface area contributed by atoms with Crippen LogP contribution in [0.25, 0.3) is 0 Å². The fraction of sp³-hybridized carbons (Fsp3) is 0.520. The van der Waals surface area contributed by atoms with Crippen molar-refractivity contribution in [1.29, 1.82) is 0 Å². The number of nitrogens with zero attached hydrogens (tertiary/aromatic N) is 3. The fourth-order valence-electron chi connectivity index (χ4n) is 5.16. The topological polar surface area (TPSA) is 90.0 Å². The lowest BCUT2D eigenvalue weighted by atomic mass is 10.0. The number of hydrogen-bond donors (Lipinski definition) is 1. The minimum absolute atomic E-state index is 0.0304. The van der Waals surface area contributed by atoms with Crippen LogP contribution >= 0.6 is 11.6 Å². The van der Waals surface area contributed by atoms with Gasteiger partial charge in [-0.2, -0.15) is 0 Å². The highest BCUT2D eigenvalue weighted by Gasteiger charge is 2.34. The van der Waals surface area contributed by atoms with Gasteiger partial charge in [0.05, 0.1) is 15.5 Å². The Morgan fingerprint density at radius 3 is 2.14 bits per heavy atom. The molecule has 0 spiro atoms. The van der Waals surface area contributed by atoms with E-state index in [2.05, 4.69) is 9.62 Å². The quantitative estimate of drug-likeness (QED) is 0.511. The van der Waals surface area contributed by atoms with E-state index in [0.29, 0.717) is 36.9 Å². The third-order valence-corrected chi connectivity index (χ3v) is 10.8. The van der Waals surface area contributed by atoms with Gasteiger partial charge in [-0.25, -0.2) is 30.3 Å². The van der Waals surface area contributed by atoms with Crippen molar-refractivity contribution >= 4 is 37.3 Å². The van der Waals surface area contributed by atoms with Crippen molar-refractivity contribution in [1.82, 2.24) is 13.9 Å². The molecule has 0 bridgehead atoms. The zero-order valence-electron chi connectivity index (χ0n) is 21.1. The highest BCUT2D eigenvalue weighted by Crippen LogP contribution is 2.28. The number of anilines is 1. The lowest BCUT2D eigenvalue weighted by Gasteiger charge is -2.42. The minimum Gasteiger partial charge on any atom is -0.367 e. The predicted octanol–water partition coefficient (Wildman–Crippen LogP) is 3.53. The van der Waals surface area contributed by atoms with Gasteiger partial charge in [-0.1, -0.05) is 30.9 Å².